The first-order valence-corrected chi connectivity index (χ1v) is 8.29. The summed E-state index contributed by atoms with van der Waals surface area (Å²) in [5.41, 5.74) is -0.434. The molecule has 3 atom stereocenters. The Hall–Kier alpha value is -0.550. The Morgan fingerprint density at radius 3 is 2.47 bits per heavy atom. The molecule has 108 valence electrons. The molecule has 0 aromatic rings. The Bertz CT molecular complexity index is 316. The molecule has 1 N–H and O–H groups in total. The van der Waals surface area contributed by atoms with Crippen molar-refractivity contribution in [2.24, 2.45) is 17.3 Å². The van der Waals surface area contributed by atoms with Gasteiger partial charge in [0.25, 0.3) is 0 Å². The van der Waals surface area contributed by atoms with Gasteiger partial charge in [0.2, 0.25) is 0 Å². The van der Waals surface area contributed by atoms with Crippen molar-refractivity contribution in [3.63, 3.8) is 0 Å². The standard InChI is InChI=1S/C17H29NO/c1-2-14-9-6-10-17(12-14,13-18)16(19)11-15-7-4-3-5-8-15/h14-16,19H,2-12H2,1H3. The van der Waals surface area contributed by atoms with Crippen LogP contribution in [0.1, 0.15) is 77.6 Å². The van der Waals surface area contributed by atoms with Gasteiger partial charge in [0, 0.05) is 0 Å². The summed E-state index contributed by atoms with van der Waals surface area (Å²) in [5, 5.41) is 20.3. The predicted octanol–water partition coefficient (Wildman–Crippen LogP) is 4.43. The Balaban J connectivity index is 1.97. The van der Waals surface area contributed by atoms with Crippen LogP contribution >= 0.6 is 0 Å². The molecule has 0 amide bonds. The van der Waals surface area contributed by atoms with E-state index < -0.39 is 11.5 Å². The molecule has 2 aliphatic rings. The molecule has 0 bridgehead atoms. The van der Waals surface area contributed by atoms with E-state index in [1.807, 2.05) is 0 Å². The molecule has 2 rings (SSSR count). The van der Waals surface area contributed by atoms with Gasteiger partial charge in [0.05, 0.1) is 17.6 Å². The normalized spacial score (nSPS) is 34.7. The van der Waals surface area contributed by atoms with Gasteiger partial charge in [-0.05, 0) is 31.1 Å². The largest absolute Gasteiger partial charge is 0.391 e. The second-order valence-corrected chi connectivity index (χ2v) is 6.89. The van der Waals surface area contributed by atoms with Gasteiger partial charge >= 0.3 is 0 Å². The van der Waals surface area contributed by atoms with Crippen molar-refractivity contribution in [1.29, 1.82) is 5.26 Å². The van der Waals surface area contributed by atoms with E-state index in [-0.39, 0.29) is 0 Å². The van der Waals surface area contributed by atoms with Crippen LogP contribution in [0, 0.1) is 28.6 Å². The van der Waals surface area contributed by atoms with Crippen molar-refractivity contribution in [2.75, 3.05) is 0 Å². The van der Waals surface area contributed by atoms with Crippen LogP contribution in [0.25, 0.3) is 0 Å². The topological polar surface area (TPSA) is 44.0 Å². The summed E-state index contributed by atoms with van der Waals surface area (Å²) in [6, 6.07) is 2.52. The predicted molar refractivity (Wildman–Crippen MR) is 77.5 cm³/mol. The number of aliphatic hydroxyl groups is 1. The molecule has 0 aromatic heterocycles. The number of hydrogen-bond donors (Lipinski definition) is 1. The fraction of sp³-hybridized carbons (Fsp3) is 0.941. The third-order valence-electron chi connectivity index (χ3n) is 5.61. The highest BCUT2D eigenvalue weighted by atomic mass is 16.3. The summed E-state index contributed by atoms with van der Waals surface area (Å²) in [6.45, 7) is 2.21. The van der Waals surface area contributed by atoms with Crippen LogP contribution in [-0.2, 0) is 0 Å². The highest BCUT2D eigenvalue weighted by Gasteiger charge is 2.42. The van der Waals surface area contributed by atoms with Crippen LogP contribution in [-0.4, -0.2) is 11.2 Å². The fourth-order valence-electron chi connectivity index (χ4n) is 4.22. The first-order chi connectivity index (χ1) is 9.20. The van der Waals surface area contributed by atoms with Crippen molar-refractivity contribution in [3.05, 3.63) is 0 Å². The van der Waals surface area contributed by atoms with Crippen molar-refractivity contribution in [1.82, 2.24) is 0 Å². The molecule has 0 heterocycles. The van der Waals surface area contributed by atoms with E-state index in [1.165, 1.54) is 38.5 Å². The first kappa shape index (κ1) is 14.9. The van der Waals surface area contributed by atoms with E-state index in [0.717, 1.165) is 32.1 Å². The van der Waals surface area contributed by atoms with Crippen molar-refractivity contribution >= 4 is 0 Å². The maximum atomic E-state index is 10.7. The lowest BCUT2D eigenvalue weighted by atomic mass is 9.65. The molecule has 0 radical (unpaired) electrons. The zero-order valence-electron chi connectivity index (χ0n) is 12.4. The quantitative estimate of drug-likeness (QED) is 0.815. The minimum atomic E-state index is -0.434. The molecule has 0 spiro atoms. The van der Waals surface area contributed by atoms with E-state index in [2.05, 4.69) is 13.0 Å². The van der Waals surface area contributed by atoms with Crippen LogP contribution in [0.4, 0.5) is 0 Å². The lowest BCUT2D eigenvalue weighted by Gasteiger charge is -2.40. The molecule has 0 aromatic carbocycles. The second kappa shape index (κ2) is 6.75. The summed E-state index contributed by atoms with van der Waals surface area (Å²) in [5.74, 6) is 1.31. The lowest BCUT2D eigenvalue weighted by Crippen LogP contribution is -2.39. The highest BCUT2D eigenvalue weighted by molar-refractivity contribution is 5.06. The molecule has 2 aliphatic carbocycles. The van der Waals surface area contributed by atoms with E-state index in [9.17, 15) is 10.4 Å². The van der Waals surface area contributed by atoms with Gasteiger partial charge in [-0.1, -0.05) is 58.3 Å². The third-order valence-corrected chi connectivity index (χ3v) is 5.61. The van der Waals surface area contributed by atoms with Crippen LogP contribution in [0.3, 0.4) is 0 Å². The van der Waals surface area contributed by atoms with E-state index in [0.29, 0.717) is 11.8 Å². The number of aliphatic hydroxyl groups excluding tert-OH is 1. The molecule has 19 heavy (non-hydrogen) atoms. The zero-order chi connectivity index (χ0) is 13.7. The number of rotatable bonds is 4. The number of nitriles is 1. The second-order valence-electron chi connectivity index (χ2n) is 6.89. The summed E-state index contributed by atoms with van der Waals surface area (Å²) >= 11 is 0. The average Bonchev–Trinajstić information content (AvgIpc) is 2.48. The van der Waals surface area contributed by atoms with E-state index >= 15 is 0 Å². The monoisotopic (exact) mass is 263 g/mol. The molecule has 2 fully saturated rings. The third kappa shape index (κ3) is 3.51. The van der Waals surface area contributed by atoms with Gasteiger partial charge in [0.1, 0.15) is 0 Å². The van der Waals surface area contributed by atoms with Gasteiger partial charge in [-0.3, -0.25) is 0 Å². The molecular weight excluding hydrogens is 234 g/mol. The molecule has 0 saturated heterocycles. The summed E-state index contributed by atoms with van der Waals surface area (Å²) < 4.78 is 0. The Kier molecular flexibility index (Phi) is 5.28. The lowest BCUT2D eigenvalue weighted by molar-refractivity contribution is 0.000357. The molecule has 3 unspecified atom stereocenters. The van der Waals surface area contributed by atoms with Gasteiger partial charge < -0.3 is 5.11 Å². The summed E-state index contributed by atoms with van der Waals surface area (Å²) in [6.07, 6.45) is 12.3. The van der Waals surface area contributed by atoms with Crippen LogP contribution in [0.15, 0.2) is 0 Å². The van der Waals surface area contributed by atoms with Crippen molar-refractivity contribution in [2.45, 2.75) is 83.7 Å². The Morgan fingerprint density at radius 1 is 1.16 bits per heavy atom. The molecule has 2 saturated carbocycles. The SMILES string of the molecule is CCC1CCCC(C#N)(C(O)CC2CCCCC2)C1. The van der Waals surface area contributed by atoms with Gasteiger partial charge in [-0.25, -0.2) is 0 Å². The first-order valence-electron chi connectivity index (χ1n) is 8.29. The van der Waals surface area contributed by atoms with E-state index in [1.54, 1.807) is 0 Å². The van der Waals surface area contributed by atoms with Crippen molar-refractivity contribution in [3.8, 4) is 6.07 Å². The summed E-state index contributed by atoms with van der Waals surface area (Å²) in [4.78, 5) is 0. The van der Waals surface area contributed by atoms with Gasteiger partial charge in [-0.2, -0.15) is 5.26 Å². The number of nitrogens with zero attached hydrogens (tertiary/aromatic N) is 1. The van der Waals surface area contributed by atoms with Crippen LogP contribution in [0.2, 0.25) is 0 Å². The number of hydrogen-bond acceptors (Lipinski definition) is 2. The van der Waals surface area contributed by atoms with Gasteiger partial charge in [0.15, 0.2) is 0 Å². The highest BCUT2D eigenvalue weighted by Crippen LogP contribution is 2.45. The van der Waals surface area contributed by atoms with Gasteiger partial charge in [-0.15, -0.1) is 0 Å². The van der Waals surface area contributed by atoms with E-state index in [4.69, 9.17) is 0 Å². The Morgan fingerprint density at radius 2 is 1.84 bits per heavy atom. The van der Waals surface area contributed by atoms with Crippen LogP contribution in [0.5, 0.6) is 0 Å². The van der Waals surface area contributed by atoms with Crippen LogP contribution < -0.4 is 0 Å². The zero-order valence-corrected chi connectivity index (χ0v) is 12.4. The summed E-state index contributed by atoms with van der Waals surface area (Å²) in [7, 11) is 0. The molecule has 0 aliphatic heterocycles. The molecule has 2 nitrogen and oxygen atoms in total. The Labute approximate surface area is 118 Å². The molecule has 2 heteroatoms. The fourth-order valence-corrected chi connectivity index (χ4v) is 4.22. The average molecular weight is 263 g/mol. The van der Waals surface area contributed by atoms with Crippen molar-refractivity contribution < 1.29 is 5.11 Å². The maximum Gasteiger partial charge on any atom is 0.0835 e. The smallest absolute Gasteiger partial charge is 0.0835 e. The minimum absolute atomic E-state index is 0.394. The minimum Gasteiger partial charge on any atom is -0.391 e. The maximum absolute atomic E-state index is 10.7. The molecular formula is C17H29NO.